The van der Waals surface area contributed by atoms with Crippen molar-refractivity contribution in [2.75, 3.05) is 13.7 Å². The van der Waals surface area contributed by atoms with Gasteiger partial charge in [-0.15, -0.1) is 0 Å². The maximum absolute atomic E-state index is 11.1. The second-order valence-electron chi connectivity index (χ2n) is 6.05. The van der Waals surface area contributed by atoms with Crippen molar-refractivity contribution in [3.8, 4) is 5.75 Å². The summed E-state index contributed by atoms with van der Waals surface area (Å²) in [7, 11) is 1.52. The number of ether oxygens (including phenoxy) is 2. The van der Waals surface area contributed by atoms with Crippen molar-refractivity contribution >= 4 is 23.2 Å². The quantitative estimate of drug-likeness (QED) is 0.774. The normalized spacial score (nSPS) is 16.6. The molecule has 0 fully saturated rings. The molecule has 26 heavy (non-hydrogen) atoms. The number of hydrogen-bond acceptors (Lipinski definition) is 5. The van der Waals surface area contributed by atoms with Crippen molar-refractivity contribution in [2.45, 2.75) is 25.0 Å². The minimum atomic E-state index is -1.35. The van der Waals surface area contributed by atoms with Gasteiger partial charge in [-0.05, 0) is 30.7 Å². The van der Waals surface area contributed by atoms with Crippen LogP contribution in [0.15, 0.2) is 53.8 Å². The van der Waals surface area contributed by atoms with Crippen molar-refractivity contribution in [1.82, 2.24) is 14.8 Å². The minimum absolute atomic E-state index is 0.0568. The Morgan fingerprint density at radius 2 is 2.12 bits per heavy atom. The third-order valence-corrected chi connectivity index (χ3v) is 4.65. The molecule has 1 aliphatic rings. The van der Waals surface area contributed by atoms with Crippen LogP contribution < -0.4 is 4.74 Å². The average molecular weight is 396 g/mol. The molecule has 1 aromatic heterocycles. The molecule has 0 saturated carbocycles. The van der Waals surface area contributed by atoms with E-state index in [1.165, 1.54) is 24.4 Å². The van der Waals surface area contributed by atoms with E-state index in [2.05, 4.69) is 10.1 Å². The third-order valence-electron chi connectivity index (χ3n) is 4.02. The molecule has 0 spiro atoms. The molecule has 8 heteroatoms. The molecule has 0 radical (unpaired) electrons. The Kier molecular flexibility index (Phi) is 5.98. The van der Waals surface area contributed by atoms with E-state index in [0.29, 0.717) is 16.3 Å². The highest BCUT2D eigenvalue weighted by molar-refractivity contribution is 6.31. The summed E-state index contributed by atoms with van der Waals surface area (Å²) in [6.07, 6.45) is 8.09. The van der Waals surface area contributed by atoms with Gasteiger partial charge in [0, 0.05) is 24.1 Å². The van der Waals surface area contributed by atoms with Gasteiger partial charge in [0.05, 0.1) is 18.2 Å². The molecular weight excluding hydrogens is 377 g/mol. The molecule has 1 aliphatic carbocycles. The Labute approximate surface area is 161 Å². The van der Waals surface area contributed by atoms with Gasteiger partial charge < -0.3 is 14.6 Å². The first-order valence-electron chi connectivity index (χ1n) is 8.07. The Morgan fingerprint density at radius 1 is 1.27 bits per heavy atom. The van der Waals surface area contributed by atoms with Gasteiger partial charge in [0.1, 0.15) is 29.8 Å². The Balaban J connectivity index is 1.82. The van der Waals surface area contributed by atoms with E-state index in [-0.39, 0.29) is 13.2 Å². The summed E-state index contributed by atoms with van der Waals surface area (Å²) in [5, 5.41) is 16.3. The molecular formula is C18H19Cl2N3O3. The summed E-state index contributed by atoms with van der Waals surface area (Å²) in [5.74, 6) is 1.41. The number of rotatable bonds is 7. The summed E-state index contributed by atoms with van der Waals surface area (Å²) in [4.78, 5) is 3.89. The number of benzene rings is 1. The van der Waals surface area contributed by atoms with Crippen LogP contribution in [0.3, 0.4) is 0 Å². The highest BCUT2D eigenvalue weighted by atomic mass is 35.5. The second kappa shape index (κ2) is 8.22. The zero-order valence-corrected chi connectivity index (χ0v) is 15.7. The van der Waals surface area contributed by atoms with Crippen LogP contribution in [-0.2, 0) is 16.9 Å². The van der Waals surface area contributed by atoms with Gasteiger partial charge in [-0.2, -0.15) is 5.10 Å². The molecule has 1 atom stereocenters. The summed E-state index contributed by atoms with van der Waals surface area (Å²) in [5.41, 5.74) is -0.817. The van der Waals surface area contributed by atoms with Gasteiger partial charge in [0.15, 0.2) is 0 Å². The Morgan fingerprint density at radius 3 is 2.73 bits per heavy atom. The summed E-state index contributed by atoms with van der Waals surface area (Å²) in [6.45, 7) is 0.219. The van der Waals surface area contributed by atoms with E-state index in [4.69, 9.17) is 32.7 Å². The fourth-order valence-corrected chi connectivity index (χ4v) is 3.30. The van der Waals surface area contributed by atoms with Gasteiger partial charge in [0.25, 0.3) is 0 Å². The van der Waals surface area contributed by atoms with Crippen molar-refractivity contribution in [2.24, 2.45) is 0 Å². The van der Waals surface area contributed by atoms with Crippen LogP contribution in [0.5, 0.6) is 5.75 Å². The van der Waals surface area contributed by atoms with Crippen molar-refractivity contribution < 1.29 is 14.6 Å². The fourth-order valence-electron chi connectivity index (χ4n) is 2.80. The molecule has 3 rings (SSSR count). The lowest BCUT2D eigenvalue weighted by Gasteiger charge is -2.28. The lowest BCUT2D eigenvalue weighted by molar-refractivity contribution is -0.0505. The third kappa shape index (κ3) is 4.45. The number of aromatic nitrogens is 3. The molecule has 1 unspecified atom stereocenters. The number of allylic oxidation sites excluding steroid dienone is 4. The van der Waals surface area contributed by atoms with E-state index in [1.807, 2.05) is 12.2 Å². The number of aliphatic hydroxyl groups is 1. The lowest BCUT2D eigenvalue weighted by atomic mass is 9.94. The molecule has 0 amide bonds. The van der Waals surface area contributed by atoms with Gasteiger partial charge in [-0.1, -0.05) is 29.3 Å². The molecule has 1 N–H and O–H groups in total. The second-order valence-corrected chi connectivity index (χ2v) is 6.94. The Hall–Kier alpha value is -1.86. The summed E-state index contributed by atoms with van der Waals surface area (Å²) < 4.78 is 12.6. The molecule has 6 nitrogen and oxygen atoms in total. The largest absolute Gasteiger partial charge is 0.462 e. The van der Waals surface area contributed by atoms with Crippen LogP contribution in [-0.4, -0.2) is 33.6 Å². The highest BCUT2D eigenvalue weighted by Gasteiger charge is 2.33. The van der Waals surface area contributed by atoms with Crippen LogP contribution in [0.1, 0.15) is 18.4 Å². The molecule has 1 aromatic carbocycles. The maximum Gasteiger partial charge on any atom is 0.137 e. The van der Waals surface area contributed by atoms with E-state index in [0.717, 1.165) is 23.6 Å². The molecule has 2 aromatic rings. The van der Waals surface area contributed by atoms with Crippen LogP contribution in [0.25, 0.3) is 0 Å². The van der Waals surface area contributed by atoms with Gasteiger partial charge in [-0.3, -0.25) is 0 Å². The van der Waals surface area contributed by atoms with Crippen molar-refractivity contribution in [1.29, 1.82) is 0 Å². The van der Waals surface area contributed by atoms with Crippen LogP contribution >= 0.6 is 23.2 Å². The zero-order chi connectivity index (χ0) is 18.6. The Bertz CT molecular complexity index is 821. The predicted octanol–water partition coefficient (Wildman–Crippen LogP) is 3.64. The smallest absolute Gasteiger partial charge is 0.137 e. The highest BCUT2D eigenvalue weighted by Crippen LogP contribution is 2.34. The minimum Gasteiger partial charge on any atom is -0.462 e. The maximum atomic E-state index is 11.1. The molecule has 0 saturated heterocycles. The molecule has 0 bridgehead atoms. The van der Waals surface area contributed by atoms with E-state index >= 15 is 0 Å². The number of methoxy groups -OCH3 is 1. The number of nitrogens with zero attached hydrogens (tertiary/aromatic N) is 3. The molecule has 0 aliphatic heterocycles. The number of halogens is 2. The van der Waals surface area contributed by atoms with Crippen molar-refractivity contribution in [3.05, 3.63) is 64.4 Å². The van der Waals surface area contributed by atoms with Gasteiger partial charge in [-0.25, -0.2) is 9.67 Å². The first-order chi connectivity index (χ1) is 12.5. The fraction of sp³-hybridized carbons (Fsp3) is 0.333. The van der Waals surface area contributed by atoms with Crippen LogP contribution in [0.4, 0.5) is 0 Å². The molecule has 1 heterocycles. The first kappa shape index (κ1) is 18.9. The lowest BCUT2D eigenvalue weighted by Crippen LogP contribution is -2.36. The van der Waals surface area contributed by atoms with E-state index in [1.54, 1.807) is 18.2 Å². The monoisotopic (exact) mass is 395 g/mol. The van der Waals surface area contributed by atoms with Gasteiger partial charge >= 0.3 is 0 Å². The van der Waals surface area contributed by atoms with Gasteiger partial charge in [0.2, 0.25) is 0 Å². The standard InChI is InChI=1S/C18H19Cl2N3O3/c1-25-10-18(24,9-23-12-21-11-22-23)16-7-6-15(8-17(16)20)26-14-4-2-13(19)3-5-14/h2,4,6-8,11-12,24H,3,5,9-10H2,1H3. The topological polar surface area (TPSA) is 69.4 Å². The first-order valence-corrected chi connectivity index (χ1v) is 8.82. The predicted molar refractivity (Wildman–Crippen MR) is 99.1 cm³/mol. The molecule has 138 valence electrons. The van der Waals surface area contributed by atoms with E-state index < -0.39 is 5.60 Å². The summed E-state index contributed by atoms with van der Waals surface area (Å²) >= 11 is 12.4. The van der Waals surface area contributed by atoms with Crippen LogP contribution in [0, 0.1) is 0 Å². The average Bonchev–Trinajstić information content (AvgIpc) is 3.10. The van der Waals surface area contributed by atoms with E-state index in [9.17, 15) is 5.11 Å². The zero-order valence-electron chi connectivity index (χ0n) is 14.2. The van der Waals surface area contributed by atoms with Crippen LogP contribution in [0.2, 0.25) is 5.02 Å². The SMILES string of the molecule is COCC(O)(Cn1cncn1)c1ccc(OC2=CC=C(Cl)CC2)cc1Cl. The van der Waals surface area contributed by atoms with Crippen molar-refractivity contribution in [3.63, 3.8) is 0 Å². The summed E-state index contributed by atoms with van der Waals surface area (Å²) in [6, 6.07) is 5.18. The number of hydrogen-bond donors (Lipinski definition) is 1.